The molecule has 0 bridgehead atoms. The van der Waals surface area contributed by atoms with Gasteiger partial charge in [0, 0.05) is 0 Å². The second-order valence-corrected chi connectivity index (χ2v) is 3.99. The van der Waals surface area contributed by atoms with Crippen molar-refractivity contribution in [1.82, 2.24) is 0 Å². The van der Waals surface area contributed by atoms with Crippen LogP contribution in [0.15, 0.2) is 30.3 Å². The van der Waals surface area contributed by atoms with Crippen molar-refractivity contribution in [2.75, 3.05) is 0 Å². The summed E-state index contributed by atoms with van der Waals surface area (Å²) in [5, 5.41) is 9.32. The van der Waals surface area contributed by atoms with Crippen molar-refractivity contribution in [2.45, 2.75) is 45.1 Å². The van der Waals surface area contributed by atoms with E-state index in [9.17, 15) is 5.11 Å². The molecule has 0 aliphatic heterocycles. The minimum Gasteiger partial charge on any atom is -0.393 e. The standard InChI is InChI=1S/C14H21O/c1-2-14(15)12-8-4-7-11-13-9-5-3-6-10-13/h2-3,5-6,9-10,14-15H,4,7-8,11-12H2,1H3. The van der Waals surface area contributed by atoms with Crippen LogP contribution in [0.5, 0.6) is 0 Å². The Kier molecular flexibility index (Phi) is 6.10. The molecular formula is C14H21O. The summed E-state index contributed by atoms with van der Waals surface area (Å²) in [6, 6.07) is 10.6. The predicted molar refractivity (Wildman–Crippen MR) is 64.6 cm³/mol. The van der Waals surface area contributed by atoms with E-state index >= 15 is 0 Å². The average Bonchev–Trinajstić information content (AvgIpc) is 2.29. The number of aryl methyl sites for hydroxylation is 1. The van der Waals surface area contributed by atoms with E-state index in [1.807, 2.05) is 13.3 Å². The first-order chi connectivity index (χ1) is 7.33. The second kappa shape index (κ2) is 7.47. The van der Waals surface area contributed by atoms with Gasteiger partial charge in [0.1, 0.15) is 0 Å². The van der Waals surface area contributed by atoms with Gasteiger partial charge in [-0.05, 0) is 31.2 Å². The molecule has 0 spiro atoms. The predicted octanol–water partition coefficient (Wildman–Crippen LogP) is 3.37. The molecule has 0 amide bonds. The summed E-state index contributed by atoms with van der Waals surface area (Å²) in [5.41, 5.74) is 1.42. The first-order valence-electron chi connectivity index (χ1n) is 5.84. The van der Waals surface area contributed by atoms with E-state index in [0.717, 1.165) is 19.3 Å². The fourth-order valence-electron chi connectivity index (χ4n) is 1.67. The lowest BCUT2D eigenvalue weighted by atomic mass is 10.0. The molecule has 0 fully saturated rings. The third-order valence-corrected chi connectivity index (χ3v) is 2.69. The average molecular weight is 205 g/mol. The number of benzene rings is 1. The summed E-state index contributed by atoms with van der Waals surface area (Å²) in [7, 11) is 0. The lowest BCUT2D eigenvalue weighted by molar-refractivity contribution is 0.192. The molecule has 1 aromatic carbocycles. The molecule has 1 radical (unpaired) electrons. The number of hydrogen-bond donors (Lipinski definition) is 1. The summed E-state index contributed by atoms with van der Waals surface area (Å²) < 4.78 is 0. The first-order valence-corrected chi connectivity index (χ1v) is 5.84. The molecule has 1 atom stereocenters. The highest BCUT2D eigenvalue weighted by Gasteiger charge is 1.99. The number of hydrogen-bond acceptors (Lipinski definition) is 1. The summed E-state index contributed by atoms with van der Waals surface area (Å²) in [4.78, 5) is 0. The second-order valence-electron chi connectivity index (χ2n) is 3.99. The SMILES string of the molecule is C[CH]C(O)CCCCCc1ccccc1. The van der Waals surface area contributed by atoms with Crippen molar-refractivity contribution in [2.24, 2.45) is 0 Å². The number of unbranched alkanes of at least 4 members (excludes halogenated alkanes) is 2. The largest absolute Gasteiger partial charge is 0.393 e. The third kappa shape index (κ3) is 5.58. The zero-order chi connectivity index (χ0) is 10.9. The Morgan fingerprint density at radius 2 is 1.87 bits per heavy atom. The molecule has 83 valence electrons. The maximum atomic E-state index is 9.32. The molecule has 1 heteroatoms. The van der Waals surface area contributed by atoms with Crippen molar-refractivity contribution >= 4 is 0 Å². The fourth-order valence-corrected chi connectivity index (χ4v) is 1.67. The Morgan fingerprint density at radius 1 is 1.13 bits per heavy atom. The summed E-state index contributed by atoms with van der Waals surface area (Å²) >= 11 is 0. The molecule has 0 saturated heterocycles. The topological polar surface area (TPSA) is 20.2 Å². The van der Waals surface area contributed by atoms with E-state index in [1.54, 1.807) is 0 Å². The minimum absolute atomic E-state index is 0.207. The highest BCUT2D eigenvalue weighted by atomic mass is 16.3. The van der Waals surface area contributed by atoms with Gasteiger partial charge in [0.25, 0.3) is 0 Å². The van der Waals surface area contributed by atoms with E-state index < -0.39 is 0 Å². The highest BCUT2D eigenvalue weighted by Crippen LogP contribution is 2.09. The molecule has 1 aromatic rings. The Balaban J connectivity index is 2.03. The zero-order valence-electron chi connectivity index (χ0n) is 9.52. The van der Waals surface area contributed by atoms with Gasteiger partial charge in [0.2, 0.25) is 0 Å². The van der Waals surface area contributed by atoms with Crippen LogP contribution in [-0.2, 0) is 6.42 Å². The zero-order valence-corrected chi connectivity index (χ0v) is 9.52. The molecule has 0 heterocycles. The fraction of sp³-hybridized carbons (Fsp3) is 0.500. The Morgan fingerprint density at radius 3 is 2.53 bits per heavy atom. The van der Waals surface area contributed by atoms with Crippen LogP contribution in [0, 0.1) is 6.42 Å². The molecule has 1 unspecified atom stereocenters. The highest BCUT2D eigenvalue weighted by molar-refractivity contribution is 5.14. The van der Waals surface area contributed by atoms with Crippen LogP contribution in [0.1, 0.15) is 38.2 Å². The number of aliphatic hydroxyl groups excluding tert-OH is 1. The molecule has 1 nitrogen and oxygen atoms in total. The van der Waals surface area contributed by atoms with E-state index in [-0.39, 0.29) is 6.10 Å². The molecule has 1 N–H and O–H groups in total. The van der Waals surface area contributed by atoms with Gasteiger partial charge in [-0.2, -0.15) is 0 Å². The lowest BCUT2D eigenvalue weighted by Crippen LogP contribution is -2.04. The van der Waals surface area contributed by atoms with Crippen LogP contribution in [0.25, 0.3) is 0 Å². The molecule has 0 saturated carbocycles. The monoisotopic (exact) mass is 205 g/mol. The first kappa shape index (κ1) is 12.3. The summed E-state index contributed by atoms with van der Waals surface area (Å²) in [5.74, 6) is 0. The smallest absolute Gasteiger partial charge is 0.0569 e. The molecule has 15 heavy (non-hydrogen) atoms. The van der Waals surface area contributed by atoms with Crippen LogP contribution < -0.4 is 0 Å². The van der Waals surface area contributed by atoms with Gasteiger partial charge in [-0.25, -0.2) is 0 Å². The summed E-state index contributed by atoms with van der Waals surface area (Å²) in [6.45, 7) is 1.91. The van der Waals surface area contributed by atoms with Gasteiger partial charge in [-0.3, -0.25) is 0 Å². The molecular weight excluding hydrogens is 184 g/mol. The van der Waals surface area contributed by atoms with Crippen molar-refractivity contribution in [3.8, 4) is 0 Å². The molecule has 0 aliphatic rings. The van der Waals surface area contributed by atoms with Crippen LogP contribution in [0.2, 0.25) is 0 Å². The van der Waals surface area contributed by atoms with Gasteiger partial charge in [0.05, 0.1) is 6.10 Å². The van der Waals surface area contributed by atoms with Gasteiger partial charge in [-0.15, -0.1) is 0 Å². The maximum absolute atomic E-state index is 9.32. The van der Waals surface area contributed by atoms with Gasteiger partial charge in [-0.1, -0.05) is 50.1 Å². The van der Waals surface area contributed by atoms with Crippen LogP contribution >= 0.6 is 0 Å². The molecule has 0 aliphatic carbocycles. The molecule has 0 aromatic heterocycles. The van der Waals surface area contributed by atoms with Crippen molar-refractivity contribution < 1.29 is 5.11 Å². The quantitative estimate of drug-likeness (QED) is 0.677. The van der Waals surface area contributed by atoms with Crippen molar-refractivity contribution in [1.29, 1.82) is 0 Å². The van der Waals surface area contributed by atoms with E-state index in [0.29, 0.717) is 0 Å². The Bertz CT molecular complexity index is 243. The van der Waals surface area contributed by atoms with Crippen LogP contribution in [0.4, 0.5) is 0 Å². The Hall–Kier alpha value is -0.820. The van der Waals surface area contributed by atoms with E-state index in [4.69, 9.17) is 0 Å². The third-order valence-electron chi connectivity index (χ3n) is 2.69. The van der Waals surface area contributed by atoms with Crippen molar-refractivity contribution in [3.05, 3.63) is 42.3 Å². The lowest BCUT2D eigenvalue weighted by Gasteiger charge is -2.06. The van der Waals surface area contributed by atoms with Crippen LogP contribution in [-0.4, -0.2) is 11.2 Å². The Labute approximate surface area is 93.1 Å². The summed E-state index contributed by atoms with van der Waals surface area (Å²) in [6.07, 6.45) is 7.27. The normalized spacial score (nSPS) is 12.7. The maximum Gasteiger partial charge on any atom is 0.0569 e. The van der Waals surface area contributed by atoms with E-state index in [2.05, 4.69) is 30.3 Å². The molecule has 1 rings (SSSR count). The number of aliphatic hydroxyl groups is 1. The van der Waals surface area contributed by atoms with Crippen molar-refractivity contribution in [3.63, 3.8) is 0 Å². The minimum atomic E-state index is -0.207. The van der Waals surface area contributed by atoms with Crippen LogP contribution in [0.3, 0.4) is 0 Å². The van der Waals surface area contributed by atoms with E-state index in [1.165, 1.54) is 18.4 Å². The van der Waals surface area contributed by atoms with Gasteiger partial charge >= 0.3 is 0 Å². The van der Waals surface area contributed by atoms with Gasteiger partial charge < -0.3 is 5.11 Å². The van der Waals surface area contributed by atoms with Gasteiger partial charge in [0.15, 0.2) is 0 Å². The number of rotatable bonds is 7.